The van der Waals surface area contributed by atoms with Gasteiger partial charge >= 0.3 is 0 Å². The Morgan fingerprint density at radius 3 is 2.77 bits per heavy atom. The topological polar surface area (TPSA) is 47.0 Å². The van der Waals surface area contributed by atoms with E-state index in [1.807, 2.05) is 31.2 Å². The average Bonchev–Trinajstić information content (AvgIpc) is 2.58. The summed E-state index contributed by atoms with van der Waals surface area (Å²) in [5, 5.41) is 3.38. The standard InChI is InChI=1S/C18H19N3O/c1-13-17(15-10-6-7-11-16(15)22-2)19-12-20-18(13)21-14-8-4-3-5-9-14/h4,6-12H,3,5H2,1-2H3,(H,19,20,21). The summed E-state index contributed by atoms with van der Waals surface area (Å²) in [6, 6.07) is 7.89. The van der Waals surface area contributed by atoms with Gasteiger partial charge in [0.15, 0.2) is 0 Å². The van der Waals surface area contributed by atoms with Gasteiger partial charge in [-0.2, -0.15) is 0 Å². The van der Waals surface area contributed by atoms with Gasteiger partial charge in [-0.3, -0.25) is 0 Å². The number of anilines is 1. The minimum atomic E-state index is 0.812. The monoisotopic (exact) mass is 293 g/mol. The Kier molecular flexibility index (Phi) is 4.19. The number of rotatable bonds is 4. The number of ether oxygens (including phenoxy) is 1. The molecule has 1 N–H and O–H groups in total. The van der Waals surface area contributed by atoms with Gasteiger partial charge in [-0.1, -0.05) is 24.3 Å². The molecule has 2 aromatic rings. The summed E-state index contributed by atoms with van der Waals surface area (Å²) >= 11 is 0. The number of hydrogen-bond acceptors (Lipinski definition) is 4. The predicted octanol–water partition coefficient (Wildman–Crippen LogP) is 4.11. The summed E-state index contributed by atoms with van der Waals surface area (Å²) in [7, 11) is 1.67. The van der Waals surface area contributed by atoms with E-state index in [1.165, 1.54) is 0 Å². The molecule has 4 heteroatoms. The van der Waals surface area contributed by atoms with E-state index in [0.29, 0.717) is 0 Å². The van der Waals surface area contributed by atoms with E-state index in [-0.39, 0.29) is 0 Å². The number of nitrogens with one attached hydrogen (secondary N) is 1. The van der Waals surface area contributed by atoms with Gasteiger partial charge in [0.1, 0.15) is 17.9 Å². The Morgan fingerprint density at radius 2 is 2.00 bits per heavy atom. The van der Waals surface area contributed by atoms with Gasteiger partial charge in [0.05, 0.1) is 12.8 Å². The van der Waals surface area contributed by atoms with Gasteiger partial charge in [-0.15, -0.1) is 0 Å². The first kappa shape index (κ1) is 14.3. The number of allylic oxidation sites excluding steroid dienone is 3. The van der Waals surface area contributed by atoms with Crippen LogP contribution in [0, 0.1) is 6.92 Å². The number of benzene rings is 1. The molecule has 0 saturated heterocycles. The molecule has 112 valence electrons. The normalized spacial score (nSPS) is 13.6. The summed E-state index contributed by atoms with van der Waals surface area (Å²) in [5.74, 6) is 1.64. The summed E-state index contributed by atoms with van der Waals surface area (Å²) in [4.78, 5) is 8.82. The predicted molar refractivity (Wildman–Crippen MR) is 88.8 cm³/mol. The number of aromatic nitrogens is 2. The quantitative estimate of drug-likeness (QED) is 0.921. The molecule has 0 spiro atoms. The lowest BCUT2D eigenvalue weighted by Gasteiger charge is -2.15. The van der Waals surface area contributed by atoms with Crippen molar-refractivity contribution in [2.24, 2.45) is 0 Å². The Morgan fingerprint density at radius 1 is 1.14 bits per heavy atom. The third kappa shape index (κ3) is 2.86. The van der Waals surface area contributed by atoms with Gasteiger partial charge in [0.2, 0.25) is 0 Å². The molecule has 22 heavy (non-hydrogen) atoms. The molecule has 1 aliphatic carbocycles. The SMILES string of the molecule is COc1ccccc1-c1ncnc(NC2=CCCC=C2)c1C. The molecular formula is C18H19N3O. The van der Waals surface area contributed by atoms with Crippen LogP contribution in [0.4, 0.5) is 5.82 Å². The van der Waals surface area contributed by atoms with Crippen LogP contribution in [0.1, 0.15) is 18.4 Å². The van der Waals surface area contributed by atoms with Crippen LogP contribution >= 0.6 is 0 Å². The molecule has 0 radical (unpaired) electrons. The Balaban J connectivity index is 1.98. The van der Waals surface area contributed by atoms with Crippen molar-refractivity contribution < 1.29 is 4.74 Å². The fraction of sp³-hybridized carbons (Fsp3) is 0.222. The smallest absolute Gasteiger partial charge is 0.137 e. The summed E-state index contributed by atoms with van der Waals surface area (Å²) in [6.45, 7) is 2.03. The van der Waals surface area contributed by atoms with Crippen LogP contribution in [0.15, 0.2) is 54.5 Å². The zero-order chi connectivity index (χ0) is 15.4. The molecule has 1 aromatic carbocycles. The minimum absolute atomic E-state index is 0.812. The zero-order valence-corrected chi connectivity index (χ0v) is 12.8. The van der Waals surface area contributed by atoms with E-state index in [9.17, 15) is 0 Å². The molecule has 1 aromatic heterocycles. The van der Waals surface area contributed by atoms with E-state index in [0.717, 1.165) is 46.9 Å². The highest BCUT2D eigenvalue weighted by molar-refractivity contribution is 5.73. The molecule has 0 unspecified atom stereocenters. The lowest BCUT2D eigenvalue weighted by molar-refractivity contribution is 0.416. The summed E-state index contributed by atoms with van der Waals surface area (Å²) < 4.78 is 5.44. The molecule has 3 rings (SSSR count). The van der Waals surface area contributed by atoms with Gasteiger partial charge < -0.3 is 10.1 Å². The van der Waals surface area contributed by atoms with E-state index < -0.39 is 0 Å². The maximum Gasteiger partial charge on any atom is 0.137 e. The van der Waals surface area contributed by atoms with Crippen molar-refractivity contribution >= 4 is 5.82 Å². The third-order valence-electron chi connectivity index (χ3n) is 3.70. The van der Waals surface area contributed by atoms with Gasteiger partial charge in [0.25, 0.3) is 0 Å². The van der Waals surface area contributed by atoms with Gasteiger partial charge in [-0.25, -0.2) is 9.97 Å². The molecule has 1 heterocycles. The van der Waals surface area contributed by atoms with Crippen molar-refractivity contribution in [1.82, 2.24) is 9.97 Å². The van der Waals surface area contributed by atoms with Crippen molar-refractivity contribution in [2.45, 2.75) is 19.8 Å². The van der Waals surface area contributed by atoms with Crippen LogP contribution < -0.4 is 10.1 Å². The fourth-order valence-corrected chi connectivity index (χ4v) is 2.53. The lowest BCUT2D eigenvalue weighted by atomic mass is 10.1. The Bertz CT molecular complexity index is 735. The third-order valence-corrected chi connectivity index (χ3v) is 3.70. The fourth-order valence-electron chi connectivity index (χ4n) is 2.53. The number of para-hydroxylation sites is 1. The van der Waals surface area contributed by atoms with E-state index >= 15 is 0 Å². The first-order chi connectivity index (χ1) is 10.8. The van der Waals surface area contributed by atoms with Gasteiger partial charge in [0, 0.05) is 16.8 Å². The van der Waals surface area contributed by atoms with Crippen LogP contribution in [0.2, 0.25) is 0 Å². The maximum absolute atomic E-state index is 5.44. The van der Waals surface area contributed by atoms with Crippen molar-refractivity contribution in [3.63, 3.8) is 0 Å². The van der Waals surface area contributed by atoms with Crippen LogP contribution in [0.25, 0.3) is 11.3 Å². The Hall–Kier alpha value is -2.62. The second-order valence-electron chi connectivity index (χ2n) is 5.16. The molecule has 0 saturated carbocycles. The molecule has 1 aliphatic rings. The number of hydrogen-bond donors (Lipinski definition) is 1. The molecule has 0 fully saturated rings. The molecule has 0 atom stereocenters. The highest BCUT2D eigenvalue weighted by Crippen LogP contribution is 2.32. The highest BCUT2D eigenvalue weighted by atomic mass is 16.5. The molecular weight excluding hydrogens is 274 g/mol. The number of methoxy groups -OCH3 is 1. The first-order valence-electron chi connectivity index (χ1n) is 7.38. The van der Waals surface area contributed by atoms with Crippen LogP contribution in [0.5, 0.6) is 5.75 Å². The van der Waals surface area contributed by atoms with Crippen molar-refractivity contribution in [2.75, 3.05) is 12.4 Å². The molecule has 4 nitrogen and oxygen atoms in total. The first-order valence-corrected chi connectivity index (χ1v) is 7.38. The molecule has 0 amide bonds. The van der Waals surface area contributed by atoms with Crippen molar-refractivity contribution in [3.8, 4) is 17.0 Å². The van der Waals surface area contributed by atoms with Crippen LogP contribution in [-0.4, -0.2) is 17.1 Å². The second kappa shape index (κ2) is 6.43. The largest absolute Gasteiger partial charge is 0.496 e. The van der Waals surface area contributed by atoms with Crippen LogP contribution in [-0.2, 0) is 0 Å². The Labute approximate surface area is 130 Å². The second-order valence-corrected chi connectivity index (χ2v) is 5.16. The maximum atomic E-state index is 5.44. The molecule has 0 aliphatic heterocycles. The molecule has 0 bridgehead atoms. The van der Waals surface area contributed by atoms with Crippen molar-refractivity contribution in [1.29, 1.82) is 0 Å². The minimum Gasteiger partial charge on any atom is -0.496 e. The van der Waals surface area contributed by atoms with E-state index in [1.54, 1.807) is 13.4 Å². The van der Waals surface area contributed by atoms with Crippen molar-refractivity contribution in [3.05, 3.63) is 60.1 Å². The highest BCUT2D eigenvalue weighted by Gasteiger charge is 2.13. The summed E-state index contributed by atoms with van der Waals surface area (Å²) in [6.07, 6.45) is 10.2. The van der Waals surface area contributed by atoms with E-state index in [2.05, 4.69) is 33.5 Å². The number of nitrogens with zero attached hydrogens (tertiary/aromatic N) is 2. The lowest BCUT2D eigenvalue weighted by Crippen LogP contribution is -2.05. The van der Waals surface area contributed by atoms with Crippen LogP contribution in [0.3, 0.4) is 0 Å². The summed E-state index contributed by atoms with van der Waals surface area (Å²) in [5.41, 5.74) is 3.95. The average molecular weight is 293 g/mol. The van der Waals surface area contributed by atoms with E-state index in [4.69, 9.17) is 4.74 Å². The van der Waals surface area contributed by atoms with Gasteiger partial charge in [-0.05, 0) is 38.0 Å². The zero-order valence-electron chi connectivity index (χ0n) is 12.8.